The maximum Gasteiger partial charge on any atom is 0.251 e. The van der Waals surface area contributed by atoms with Crippen LogP contribution in [-0.2, 0) is 11.3 Å². The molecule has 0 atom stereocenters. The van der Waals surface area contributed by atoms with E-state index in [-0.39, 0.29) is 24.2 Å². The third-order valence-electron chi connectivity index (χ3n) is 4.78. The highest BCUT2D eigenvalue weighted by molar-refractivity contribution is 5.94. The van der Waals surface area contributed by atoms with Gasteiger partial charge in [-0.3, -0.25) is 9.59 Å². The fraction of sp³-hybridized carbons (Fsp3) is 0.556. The molecule has 1 aromatic rings. The Morgan fingerprint density at radius 1 is 1.25 bits per heavy atom. The minimum atomic E-state index is -0.499. The highest BCUT2D eigenvalue weighted by atomic mass is 35.5. The maximum atomic E-state index is 12.4. The van der Waals surface area contributed by atoms with Gasteiger partial charge in [-0.1, -0.05) is 26.0 Å². The number of amides is 2. The zero-order chi connectivity index (χ0) is 16.9. The van der Waals surface area contributed by atoms with E-state index in [9.17, 15) is 9.59 Å². The number of halogens is 1. The predicted octanol–water partition coefficient (Wildman–Crippen LogP) is 2.38. The van der Waals surface area contributed by atoms with E-state index in [1.165, 1.54) is 0 Å². The van der Waals surface area contributed by atoms with E-state index in [0.29, 0.717) is 24.7 Å². The maximum absolute atomic E-state index is 12.4. The molecule has 0 bridgehead atoms. The van der Waals surface area contributed by atoms with E-state index < -0.39 is 5.41 Å². The Hall–Kier alpha value is -1.59. The molecule has 0 spiro atoms. The number of carbonyl (C=O) groups is 2. The van der Waals surface area contributed by atoms with Crippen LogP contribution < -0.4 is 16.4 Å². The van der Waals surface area contributed by atoms with Gasteiger partial charge in [0.2, 0.25) is 5.91 Å². The van der Waals surface area contributed by atoms with E-state index in [0.717, 1.165) is 31.2 Å². The largest absolute Gasteiger partial charge is 0.352 e. The van der Waals surface area contributed by atoms with Crippen LogP contribution >= 0.6 is 12.4 Å². The molecule has 6 heteroatoms. The molecule has 2 amide bonds. The molecule has 134 valence electrons. The number of nitrogens with one attached hydrogen (secondary N) is 2. The van der Waals surface area contributed by atoms with Crippen molar-refractivity contribution in [1.82, 2.24) is 10.6 Å². The molecule has 2 rings (SSSR count). The summed E-state index contributed by atoms with van der Waals surface area (Å²) in [5.41, 5.74) is 6.86. The zero-order valence-corrected chi connectivity index (χ0v) is 15.2. The van der Waals surface area contributed by atoms with Crippen LogP contribution in [0.4, 0.5) is 0 Å². The first-order chi connectivity index (χ1) is 11.0. The second-order valence-electron chi connectivity index (χ2n) is 6.32. The van der Waals surface area contributed by atoms with E-state index in [1.54, 1.807) is 6.07 Å². The predicted molar refractivity (Wildman–Crippen MR) is 98.1 cm³/mol. The Morgan fingerprint density at radius 2 is 1.92 bits per heavy atom. The van der Waals surface area contributed by atoms with Gasteiger partial charge in [-0.15, -0.1) is 12.4 Å². The Morgan fingerprint density at radius 3 is 2.46 bits per heavy atom. The molecule has 0 aliphatic heterocycles. The average molecular weight is 354 g/mol. The van der Waals surface area contributed by atoms with Crippen LogP contribution in [0.2, 0.25) is 0 Å². The number of hydrogen-bond acceptors (Lipinski definition) is 3. The highest BCUT2D eigenvalue weighted by Crippen LogP contribution is 2.25. The summed E-state index contributed by atoms with van der Waals surface area (Å²) in [6.45, 7) is 4.72. The quantitative estimate of drug-likeness (QED) is 0.670. The molecule has 1 aliphatic carbocycles. The molecule has 0 saturated heterocycles. The number of nitrogens with two attached hydrogens (primary N) is 1. The van der Waals surface area contributed by atoms with Gasteiger partial charge in [0.15, 0.2) is 0 Å². The molecule has 1 aromatic carbocycles. The summed E-state index contributed by atoms with van der Waals surface area (Å²) >= 11 is 0. The van der Waals surface area contributed by atoms with Crippen LogP contribution in [0.15, 0.2) is 24.3 Å². The topological polar surface area (TPSA) is 84.2 Å². The standard InChI is InChI=1S/C18H27N3O2.ClH/c1-3-18(4-2,12-19)17(23)20-11-13-6-5-7-14(10-13)16(22)21-15-8-9-15;/h5-7,10,15H,3-4,8-9,11-12,19H2,1-2H3,(H,20,23)(H,21,22);1H. The van der Waals surface area contributed by atoms with Gasteiger partial charge >= 0.3 is 0 Å². The van der Waals surface area contributed by atoms with Gasteiger partial charge in [0, 0.05) is 24.7 Å². The Labute approximate surface area is 150 Å². The average Bonchev–Trinajstić information content (AvgIpc) is 3.39. The van der Waals surface area contributed by atoms with Crippen molar-refractivity contribution in [3.8, 4) is 0 Å². The normalized spacial score (nSPS) is 13.8. The van der Waals surface area contributed by atoms with Crippen molar-refractivity contribution in [2.75, 3.05) is 6.54 Å². The summed E-state index contributed by atoms with van der Waals surface area (Å²) in [5.74, 6) is -0.0584. The van der Waals surface area contributed by atoms with Gasteiger partial charge in [0.1, 0.15) is 0 Å². The molecule has 4 N–H and O–H groups in total. The minimum Gasteiger partial charge on any atom is -0.352 e. The van der Waals surface area contributed by atoms with Gasteiger partial charge in [-0.05, 0) is 43.4 Å². The fourth-order valence-corrected chi connectivity index (χ4v) is 2.64. The van der Waals surface area contributed by atoms with Gasteiger partial charge in [0.05, 0.1) is 5.41 Å². The SMILES string of the molecule is CCC(CC)(CN)C(=O)NCc1cccc(C(=O)NC2CC2)c1.Cl. The van der Waals surface area contributed by atoms with Crippen LogP contribution in [0.1, 0.15) is 55.5 Å². The van der Waals surface area contributed by atoms with Crippen molar-refractivity contribution in [2.24, 2.45) is 11.1 Å². The van der Waals surface area contributed by atoms with Gasteiger partial charge in [-0.25, -0.2) is 0 Å². The Kier molecular flexibility index (Phi) is 7.70. The molecule has 0 radical (unpaired) electrons. The fourth-order valence-electron chi connectivity index (χ4n) is 2.64. The highest BCUT2D eigenvalue weighted by Gasteiger charge is 2.33. The van der Waals surface area contributed by atoms with E-state index in [1.807, 2.05) is 32.0 Å². The van der Waals surface area contributed by atoms with E-state index in [4.69, 9.17) is 5.73 Å². The van der Waals surface area contributed by atoms with Gasteiger partial charge < -0.3 is 16.4 Å². The first kappa shape index (κ1) is 20.5. The summed E-state index contributed by atoms with van der Waals surface area (Å²) in [4.78, 5) is 24.5. The first-order valence-corrected chi connectivity index (χ1v) is 8.43. The number of rotatable bonds is 8. The summed E-state index contributed by atoms with van der Waals surface area (Å²) in [6, 6.07) is 7.73. The molecule has 1 fully saturated rings. The molecule has 24 heavy (non-hydrogen) atoms. The van der Waals surface area contributed by atoms with Crippen molar-refractivity contribution in [2.45, 2.75) is 52.1 Å². The van der Waals surface area contributed by atoms with Crippen LogP contribution in [0.3, 0.4) is 0 Å². The molecular weight excluding hydrogens is 326 g/mol. The second kappa shape index (κ2) is 9.04. The summed E-state index contributed by atoms with van der Waals surface area (Å²) < 4.78 is 0. The molecular formula is C18H28ClN3O2. The molecule has 5 nitrogen and oxygen atoms in total. The first-order valence-electron chi connectivity index (χ1n) is 8.43. The summed E-state index contributed by atoms with van der Waals surface area (Å²) in [5, 5.41) is 5.93. The van der Waals surface area contributed by atoms with Crippen molar-refractivity contribution in [3.05, 3.63) is 35.4 Å². The monoisotopic (exact) mass is 353 g/mol. The zero-order valence-electron chi connectivity index (χ0n) is 14.4. The summed E-state index contributed by atoms with van der Waals surface area (Å²) in [6.07, 6.45) is 3.57. The van der Waals surface area contributed by atoms with Crippen molar-refractivity contribution in [1.29, 1.82) is 0 Å². The van der Waals surface area contributed by atoms with Gasteiger partial charge in [0.25, 0.3) is 5.91 Å². The van der Waals surface area contributed by atoms with Crippen LogP contribution in [-0.4, -0.2) is 24.4 Å². The smallest absolute Gasteiger partial charge is 0.251 e. The number of benzene rings is 1. The molecule has 0 heterocycles. The van der Waals surface area contributed by atoms with E-state index >= 15 is 0 Å². The number of hydrogen-bond donors (Lipinski definition) is 3. The Balaban J connectivity index is 0.00000288. The van der Waals surface area contributed by atoms with Crippen LogP contribution in [0, 0.1) is 5.41 Å². The lowest BCUT2D eigenvalue weighted by atomic mass is 9.81. The number of carbonyl (C=O) groups excluding carboxylic acids is 2. The lowest BCUT2D eigenvalue weighted by Crippen LogP contribution is -2.45. The van der Waals surface area contributed by atoms with Crippen molar-refractivity contribution >= 4 is 24.2 Å². The molecule has 1 saturated carbocycles. The van der Waals surface area contributed by atoms with Gasteiger partial charge in [-0.2, -0.15) is 0 Å². The molecule has 1 aliphatic rings. The Bertz CT molecular complexity index is 561. The van der Waals surface area contributed by atoms with Crippen LogP contribution in [0.5, 0.6) is 0 Å². The third kappa shape index (κ3) is 4.95. The van der Waals surface area contributed by atoms with E-state index in [2.05, 4.69) is 10.6 Å². The van der Waals surface area contributed by atoms with Crippen LogP contribution in [0.25, 0.3) is 0 Å². The molecule has 0 aromatic heterocycles. The minimum absolute atomic E-state index is 0. The lowest BCUT2D eigenvalue weighted by molar-refractivity contribution is -0.131. The molecule has 0 unspecified atom stereocenters. The second-order valence-corrected chi connectivity index (χ2v) is 6.32. The summed E-state index contributed by atoms with van der Waals surface area (Å²) in [7, 11) is 0. The van der Waals surface area contributed by atoms with Crippen molar-refractivity contribution < 1.29 is 9.59 Å². The third-order valence-corrected chi connectivity index (χ3v) is 4.78. The van der Waals surface area contributed by atoms with Crippen molar-refractivity contribution in [3.63, 3.8) is 0 Å². The lowest BCUT2D eigenvalue weighted by Gasteiger charge is -2.28.